The molecule has 2 amide bonds. The number of hydrogen-bond acceptors (Lipinski definition) is 4. The van der Waals surface area contributed by atoms with Crippen LogP contribution in [0.2, 0.25) is 0 Å². The summed E-state index contributed by atoms with van der Waals surface area (Å²) in [6, 6.07) is 7.15. The van der Waals surface area contributed by atoms with E-state index < -0.39 is 0 Å². The summed E-state index contributed by atoms with van der Waals surface area (Å²) in [6.07, 6.45) is 0.295. The standard InChI is InChI=1S/C13H17N3O3/c14-6-5-12(17)15-10-1-3-11(4-2-10)16-7-8-19-9-13(16)18/h1-4H,5-9,14H2,(H,15,17). The third kappa shape index (κ3) is 3.52. The van der Waals surface area contributed by atoms with Crippen molar-refractivity contribution >= 4 is 23.2 Å². The Kier molecular flexibility index (Phi) is 4.48. The van der Waals surface area contributed by atoms with Crippen molar-refractivity contribution in [2.45, 2.75) is 6.42 Å². The van der Waals surface area contributed by atoms with Crippen LogP contribution in [-0.4, -0.2) is 38.1 Å². The monoisotopic (exact) mass is 263 g/mol. The van der Waals surface area contributed by atoms with Crippen molar-refractivity contribution in [3.63, 3.8) is 0 Å². The number of amides is 2. The molecule has 2 rings (SSSR count). The number of carbonyl (C=O) groups is 2. The van der Waals surface area contributed by atoms with Crippen molar-refractivity contribution in [3.05, 3.63) is 24.3 Å². The van der Waals surface area contributed by atoms with Gasteiger partial charge >= 0.3 is 0 Å². The first-order chi connectivity index (χ1) is 9.20. The SMILES string of the molecule is NCCC(=O)Nc1ccc(N2CCOCC2=O)cc1. The fourth-order valence-electron chi connectivity index (χ4n) is 1.87. The number of nitrogens with one attached hydrogen (secondary N) is 1. The van der Waals surface area contributed by atoms with Gasteiger partial charge in [0.2, 0.25) is 5.91 Å². The predicted molar refractivity (Wildman–Crippen MR) is 71.9 cm³/mol. The number of morpholine rings is 1. The second kappa shape index (κ2) is 6.31. The Bertz CT molecular complexity index is 459. The van der Waals surface area contributed by atoms with E-state index in [1.165, 1.54) is 0 Å². The van der Waals surface area contributed by atoms with Crippen LogP contribution in [-0.2, 0) is 14.3 Å². The molecule has 1 fully saturated rings. The summed E-state index contributed by atoms with van der Waals surface area (Å²) in [5.74, 6) is -0.163. The van der Waals surface area contributed by atoms with Crippen LogP contribution in [0, 0.1) is 0 Å². The first kappa shape index (κ1) is 13.5. The summed E-state index contributed by atoms with van der Waals surface area (Å²) in [6.45, 7) is 1.54. The molecule has 0 unspecified atom stereocenters. The van der Waals surface area contributed by atoms with E-state index in [2.05, 4.69) is 5.32 Å². The molecule has 1 heterocycles. The van der Waals surface area contributed by atoms with Gasteiger partial charge in [0.25, 0.3) is 5.91 Å². The van der Waals surface area contributed by atoms with Gasteiger partial charge in [-0.15, -0.1) is 0 Å². The fourth-order valence-corrected chi connectivity index (χ4v) is 1.87. The summed E-state index contributed by atoms with van der Waals surface area (Å²) in [5.41, 5.74) is 6.81. The molecule has 0 radical (unpaired) electrons. The molecule has 1 aliphatic rings. The van der Waals surface area contributed by atoms with Crippen molar-refractivity contribution in [2.24, 2.45) is 5.73 Å². The highest BCUT2D eigenvalue weighted by molar-refractivity contribution is 5.95. The maximum Gasteiger partial charge on any atom is 0.253 e. The van der Waals surface area contributed by atoms with Gasteiger partial charge in [-0.1, -0.05) is 0 Å². The zero-order chi connectivity index (χ0) is 13.7. The molecule has 0 atom stereocenters. The number of ether oxygens (including phenoxy) is 1. The quantitative estimate of drug-likeness (QED) is 0.820. The largest absolute Gasteiger partial charge is 0.370 e. The molecule has 1 aliphatic heterocycles. The van der Waals surface area contributed by atoms with Crippen LogP contribution in [0.5, 0.6) is 0 Å². The molecule has 1 saturated heterocycles. The summed E-state index contributed by atoms with van der Waals surface area (Å²) in [5, 5.41) is 2.74. The number of carbonyl (C=O) groups excluding carboxylic acids is 2. The van der Waals surface area contributed by atoms with Crippen LogP contribution in [0.1, 0.15) is 6.42 Å². The molecule has 0 aromatic heterocycles. The molecule has 0 spiro atoms. The molecule has 3 N–H and O–H groups in total. The van der Waals surface area contributed by atoms with Gasteiger partial charge in [0, 0.05) is 30.9 Å². The van der Waals surface area contributed by atoms with Crippen LogP contribution < -0.4 is 16.0 Å². The van der Waals surface area contributed by atoms with Crippen molar-refractivity contribution in [1.82, 2.24) is 0 Å². The molecule has 0 aliphatic carbocycles. The van der Waals surface area contributed by atoms with Crippen LogP contribution in [0.15, 0.2) is 24.3 Å². The average Bonchev–Trinajstić information content (AvgIpc) is 2.41. The third-order valence-corrected chi connectivity index (χ3v) is 2.82. The van der Waals surface area contributed by atoms with Crippen LogP contribution in [0.4, 0.5) is 11.4 Å². The van der Waals surface area contributed by atoms with E-state index in [1.54, 1.807) is 29.2 Å². The second-order valence-electron chi connectivity index (χ2n) is 4.23. The Labute approximate surface area is 111 Å². The highest BCUT2D eigenvalue weighted by atomic mass is 16.5. The topological polar surface area (TPSA) is 84.7 Å². The smallest absolute Gasteiger partial charge is 0.253 e. The number of rotatable bonds is 4. The predicted octanol–water partition coefficient (Wildman–Crippen LogP) is 0.337. The Hall–Kier alpha value is -1.92. The Balaban J connectivity index is 2.01. The van der Waals surface area contributed by atoms with E-state index in [0.717, 1.165) is 5.69 Å². The van der Waals surface area contributed by atoms with Gasteiger partial charge in [0.1, 0.15) is 6.61 Å². The minimum atomic E-state index is -0.113. The normalized spacial score (nSPS) is 15.4. The maximum absolute atomic E-state index is 11.7. The van der Waals surface area contributed by atoms with E-state index in [9.17, 15) is 9.59 Å². The lowest BCUT2D eigenvalue weighted by atomic mass is 10.2. The lowest BCUT2D eigenvalue weighted by Gasteiger charge is -2.26. The molecule has 102 valence electrons. The fraction of sp³-hybridized carbons (Fsp3) is 0.385. The second-order valence-corrected chi connectivity index (χ2v) is 4.23. The van der Waals surface area contributed by atoms with Crippen molar-refractivity contribution in [1.29, 1.82) is 0 Å². The van der Waals surface area contributed by atoms with E-state index in [0.29, 0.717) is 31.8 Å². The first-order valence-corrected chi connectivity index (χ1v) is 6.19. The maximum atomic E-state index is 11.7. The Morgan fingerprint density at radius 3 is 2.74 bits per heavy atom. The molecular formula is C13H17N3O3. The number of anilines is 2. The zero-order valence-electron chi connectivity index (χ0n) is 10.6. The highest BCUT2D eigenvalue weighted by Crippen LogP contribution is 2.19. The van der Waals surface area contributed by atoms with Crippen molar-refractivity contribution < 1.29 is 14.3 Å². The van der Waals surface area contributed by atoms with Crippen LogP contribution in [0.25, 0.3) is 0 Å². The first-order valence-electron chi connectivity index (χ1n) is 6.19. The van der Waals surface area contributed by atoms with Gasteiger partial charge in [-0.2, -0.15) is 0 Å². The lowest BCUT2D eigenvalue weighted by Crippen LogP contribution is -2.41. The highest BCUT2D eigenvalue weighted by Gasteiger charge is 2.19. The van der Waals surface area contributed by atoms with Gasteiger partial charge < -0.3 is 20.7 Å². The third-order valence-electron chi connectivity index (χ3n) is 2.82. The van der Waals surface area contributed by atoms with Gasteiger partial charge in [-0.25, -0.2) is 0 Å². The lowest BCUT2D eigenvalue weighted by molar-refractivity contribution is -0.125. The van der Waals surface area contributed by atoms with E-state index in [1.807, 2.05) is 0 Å². The average molecular weight is 263 g/mol. The number of nitrogens with zero attached hydrogens (tertiary/aromatic N) is 1. The Morgan fingerprint density at radius 2 is 2.11 bits per heavy atom. The van der Waals surface area contributed by atoms with Crippen molar-refractivity contribution in [2.75, 3.05) is 36.5 Å². The minimum absolute atomic E-state index is 0.0498. The van der Waals surface area contributed by atoms with E-state index >= 15 is 0 Å². The molecule has 6 heteroatoms. The van der Waals surface area contributed by atoms with Gasteiger partial charge in [-0.05, 0) is 24.3 Å². The van der Waals surface area contributed by atoms with Gasteiger partial charge in [-0.3, -0.25) is 9.59 Å². The minimum Gasteiger partial charge on any atom is -0.370 e. The molecule has 0 bridgehead atoms. The summed E-state index contributed by atoms with van der Waals surface area (Å²) < 4.78 is 5.08. The summed E-state index contributed by atoms with van der Waals surface area (Å²) in [7, 11) is 0. The molecule has 0 saturated carbocycles. The molecule has 6 nitrogen and oxygen atoms in total. The van der Waals surface area contributed by atoms with Gasteiger partial charge in [0.15, 0.2) is 0 Å². The number of hydrogen-bond donors (Lipinski definition) is 2. The zero-order valence-corrected chi connectivity index (χ0v) is 10.6. The summed E-state index contributed by atoms with van der Waals surface area (Å²) >= 11 is 0. The van der Waals surface area contributed by atoms with E-state index in [-0.39, 0.29) is 18.4 Å². The van der Waals surface area contributed by atoms with Crippen molar-refractivity contribution in [3.8, 4) is 0 Å². The molecule has 1 aromatic carbocycles. The molecule has 19 heavy (non-hydrogen) atoms. The number of nitrogens with two attached hydrogens (primary N) is 1. The van der Waals surface area contributed by atoms with E-state index in [4.69, 9.17) is 10.5 Å². The molecular weight excluding hydrogens is 246 g/mol. The van der Waals surface area contributed by atoms with Gasteiger partial charge in [0.05, 0.1) is 6.61 Å². The summed E-state index contributed by atoms with van der Waals surface area (Å²) in [4.78, 5) is 24.7. The Morgan fingerprint density at radius 1 is 1.37 bits per heavy atom. The van der Waals surface area contributed by atoms with Crippen LogP contribution in [0.3, 0.4) is 0 Å². The number of benzene rings is 1. The molecule has 1 aromatic rings. The van der Waals surface area contributed by atoms with Crippen LogP contribution >= 0.6 is 0 Å².